The standard InChI is InChI=1S/C14H25NO4/c1-4-9-6-10(11(7-9)13(17)18)12(16)15-8-14(3,19)5-2/h9-11,19H,4-8H2,1-3H3,(H,15,16)(H,17,18). The summed E-state index contributed by atoms with van der Waals surface area (Å²) >= 11 is 0. The molecule has 4 atom stereocenters. The molecule has 0 aliphatic heterocycles. The lowest BCUT2D eigenvalue weighted by atomic mass is 9.95. The molecule has 4 unspecified atom stereocenters. The molecular weight excluding hydrogens is 246 g/mol. The van der Waals surface area contributed by atoms with Crippen LogP contribution in [-0.2, 0) is 9.59 Å². The highest BCUT2D eigenvalue weighted by Gasteiger charge is 2.42. The van der Waals surface area contributed by atoms with Crippen molar-refractivity contribution >= 4 is 11.9 Å². The number of carbonyl (C=O) groups is 2. The molecule has 1 rings (SSSR count). The van der Waals surface area contributed by atoms with E-state index in [4.69, 9.17) is 0 Å². The summed E-state index contributed by atoms with van der Waals surface area (Å²) in [4.78, 5) is 23.3. The molecule has 19 heavy (non-hydrogen) atoms. The van der Waals surface area contributed by atoms with Crippen molar-refractivity contribution < 1.29 is 19.8 Å². The largest absolute Gasteiger partial charge is 0.481 e. The Labute approximate surface area is 114 Å². The molecule has 0 aromatic rings. The van der Waals surface area contributed by atoms with Crippen LogP contribution in [0.3, 0.4) is 0 Å². The molecule has 0 aromatic carbocycles. The van der Waals surface area contributed by atoms with E-state index >= 15 is 0 Å². The molecular formula is C14H25NO4. The average Bonchev–Trinajstić information content (AvgIpc) is 2.80. The number of nitrogens with one attached hydrogen (secondary N) is 1. The summed E-state index contributed by atoms with van der Waals surface area (Å²) in [6, 6.07) is 0. The minimum Gasteiger partial charge on any atom is -0.481 e. The van der Waals surface area contributed by atoms with Crippen LogP contribution in [0.4, 0.5) is 0 Å². The zero-order chi connectivity index (χ0) is 14.6. The Kier molecular flexibility index (Phi) is 5.35. The van der Waals surface area contributed by atoms with Crippen LogP contribution in [-0.4, -0.2) is 34.2 Å². The first-order chi connectivity index (χ1) is 8.80. The summed E-state index contributed by atoms with van der Waals surface area (Å²) < 4.78 is 0. The molecule has 1 aliphatic carbocycles. The van der Waals surface area contributed by atoms with Gasteiger partial charge in [-0.2, -0.15) is 0 Å². The second kappa shape index (κ2) is 6.37. The summed E-state index contributed by atoms with van der Waals surface area (Å²) in [5.41, 5.74) is -0.933. The van der Waals surface area contributed by atoms with Crippen LogP contribution in [0, 0.1) is 17.8 Å². The first-order valence-corrected chi connectivity index (χ1v) is 7.03. The van der Waals surface area contributed by atoms with Gasteiger partial charge in [-0.25, -0.2) is 0 Å². The molecule has 0 heterocycles. The number of aliphatic carboxylic acids is 1. The highest BCUT2D eigenvalue weighted by atomic mass is 16.4. The summed E-state index contributed by atoms with van der Waals surface area (Å²) in [6.45, 7) is 5.69. The molecule has 1 aliphatic rings. The number of hydrogen-bond donors (Lipinski definition) is 3. The lowest BCUT2D eigenvalue weighted by Gasteiger charge is -2.23. The third-order valence-corrected chi connectivity index (χ3v) is 4.30. The molecule has 0 aromatic heterocycles. The molecule has 1 saturated carbocycles. The van der Waals surface area contributed by atoms with E-state index in [-0.39, 0.29) is 12.5 Å². The quantitative estimate of drug-likeness (QED) is 0.681. The third-order valence-electron chi connectivity index (χ3n) is 4.30. The Morgan fingerprint density at radius 2 is 1.84 bits per heavy atom. The molecule has 0 spiro atoms. The normalized spacial score (nSPS) is 29.8. The summed E-state index contributed by atoms with van der Waals surface area (Å²) in [7, 11) is 0. The van der Waals surface area contributed by atoms with Crippen molar-refractivity contribution in [2.75, 3.05) is 6.54 Å². The van der Waals surface area contributed by atoms with E-state index in [2.05, 4.69) is 5.32 Å². The molecule has 1 fully saturated rings. The van der Waals surface area contributed by atoms with E-state index in [0.717, 1.165) is 6.42 Å². The topological polar surface area (TPSA) is 86.6 Å². The molecule has 0 radical (unpaired) electrons. The second-order valence-electron chi connectivity index (χ2n) is 5.87. The van der Waals surface area contributed by atoms with Gasteiger partial charge < -0.3 is 15.5 Å². The Bertz CT molecular complexity index is 340. The van der Waals surface area contributed by atoms with Crippen molar-refractivity contribution in [3.8, 4) is 0 Å². The van der Waals surface area contributed by atoms with Gasteiger partial charge >= 0.3 is 5.97 Å². The van der Waals surface area contributed by atoms with E-state index in [1.807, 2.05) is 13.8 Å². The van der Waals surface area contributed by atoms with Crippen molar-refractivity contribution in [2.45, 2.75) is 52.1 Å². The van der Waals surface area contributed by atoms with Crippen LogP contribution in [0.5, 0.6) is 0 Å². The van der Waals surface area contributed by atoms with Gasteiger partial charge in [-0.3, -0.25) is 9.59 Å². The van der Waals surface area contributed by atoms with E-state index in [9.17, 15) is 19.8 Å². The minimum absolute atomic E-state index is 0.169. The summed E-state index contributed by atoms with van der Waals surface area (Å²) in [5, 5.41) is 21.7. The summed E-state index contributed by atoms with van der Waals surface area (Å²) in [6.07, 6.45) is 2.65. The SMILES string of the molecule is CCC1CC(C(=O)O)C(C(=O)NCC(C)(O)CC)C1. The highest BCUT2D eigenvalue weighted by molar-refractivity contribution is 5.85. The molecule has 1 amide bonds. The van der Waals surface area contributed by atoms with Gasteiger partial charge in [0.15, 0.2) is 0 Å². The Morgan fingerprint density at radius 1 is 1.26 bits per heavy atom. The molecule has 5 heteroatoms. The maximum absolute atomic E-state index is 12.1. The van der Waals surface area contributed by atoms with Gasteiger partial charge in [0.2, 0.25) is 5.91 Å². The van der Waals surface area contributed by atoms with Gasteiger partial charge in [0, 0.05) is 6.54 Å². The smallest absolute Gasteiger partial charge is 0.307 e. The average molecular weight is 271 g/mol. The van der Waals surface area contributed by atoms with Crippen LogP contribution in [0.2, 0.25) is 0 Å². The van der Waals surface area contributed by atoms with Gasteiger partial charge in [-0.05, 0) is 32.1 Å². The van der Waals surface area contributed by atoms with Crippen LogP contribution in [0.25, 0.3) is 0 Å². The Balaban J connectivity index is 2.62. The first kappa shape index (κ1) is 16.0. The Hall–Kier alpha value is -1.10. The van der Waals surface area contributed by atoms with Crippen LogP contribution >= 0.6 is 0 Å². The minimum atomic E-state index is -0.933. The fourth-order valence-electron chi connectivity index (χ4n) is 2.57. The molecule has 0 bridgehead atoms. The van der Waals surface area contributed by atoms with E-state index in [0.29, 0.717) is 25.2 Å². The van der Waals surface area contributed by atoms with Gasteiger partial charge in [0.25, 0.3) is 0 Å². The van der Waals surface area contributed by atoms with Crippen molar-refractivity contribution in [3.63, 3.8) is 0 Å². The van der Waals surface area contributed by atoms with E-state index < -0.39 is 23.4 Å². The lowest BCUT2D eigenvalue weighted by Crippen LogP contribution is -2.43. The van der Waals surface area contributed by atoms with Crippen molar-refractivity contribution in [3.05, 3.63) is 0 Å². The molecule has 0 saturated heterocycles. The summed E-state index contributed by atoms with van der Waals surface area (Å²) in [5.74, 6) is -1.87. The lowest BCUT2D eigenvalue weighted by molar-refractivity contribution is -0.146. The van der Waals surface area contributed by atoms with E-state index in [1.165, 1.54) is 0 Å². The maximum atomic E-state index is 12.1. The number of carboxylic acids is 1. The molecule has 5 nitrogen and oxygen atoms in total. The van der Waals surface area contributed by atoms with Gasteiger partial charge in [0.05, 0.1) is 17.4 Å². The first-order valence-electron chi connectivity index (χ1n) is 7.03. The molecule has 3 N–H and O–H groups in total. The van der Waals surface area contributed by atoms with E-state index in [1.54, 1.807) is 6.92 Å². The third kappa shape index (κ3) is 4.20. The van der Waals surface area contributed by atoms with Crippen LogP contribution in [0.15, 0.2) is 0 Å². The fraction of sp³-hybridized carbons (Fsp3) is 0.857. The van der Waals surface area contributed by atoms with Gasteiger partial charge in [-0.1, -0.05) is 20.3 Å². The second-order valence-corrected chi connectivity index (χ2v) is 5.87. The monoisotopic (exact) mass is 271 g/mol. The predicted octanol–water partition coefficient (Wildman–Crippen LogP) is 1.40. The zero-order valence-electron chi connectivity index (χ0n) is 12.0. The van der Waals surface area contributed by atoms with Crippen molar-refractivity contribution in [1.29, 1.82) is 0 Å². The van der Waals surface area contributed by atoms with Crippen LogP contribution < -0.4 is 5.32 Å². The number of carbonyl (C=O) groups excluding carboxylic acids is 1. The van der Waals surface area contributed by atoms with Gasteiger partial charge in [0.1, 0.15) is 0 Å². The number of rotatable bonds is 6. The van der Waals surface area contributed by atoms with Crippen molar-refractivity contribution in [1.82, 2.24) is 5.32 Å². The van der Waals surface area contributed by atoms with Crippen molar-refractivity contribution in [2.24, 2.45) is 17.8 Å². The molecule has 110 valence electrons. The number of amides is 1. The number of carboxylic acid groups (broad SMARTS) is 1. The fourth-order valence-corrected chi connectivity index (χ4v) is 2.57. The highest BCUT2D eigenvalue weighted by Crippen LogP contribution is 2.38. The van der Waals surface area contributed by atoms with Crippen LogP contribution in [0.1, 0.15) is 46.5 Å². The van der Waals surface area contributed by atoms with Gasteiger partial charge in [-0.15, -0.1) is 0 Å². The maximum Gasteiger partial charge on any atom is 0.307 e. The number of hydrogen-bond acceptors (Lipinski definition) is 3. The Morgan fingerprint density at radius 3 is 2.32 bits per heavy atom. The number of aliphatic hydroxyl groups is 1. The predicted molar refractivity (Wildman–Crippen MR) is 71.6 cm³/mol. The zero-order valence-corrected chi connectivity index (χ0v) is 12.0.